The summed E-state index contributed by atoms with van der Waals surface area (Å²) in [7, 11) is 1.59. The van der Waals surface area contributed by atoms with Crippen molar-refractivity contribution < 1.29 is 13.9 Å². The zero-order valence-electron chi connectivity index (χ0n) is 13.1. The van der Waals surface area contributed by atoms with Gasteiger partial charge in [0.2, 0.25) is 11.8 Å². The van der Waals surface area contributed by atoms with E-state index in [4.69, 9.17) is 14.9 Å². The maximum absolute atomic E-state index is 12.4. The number of hydrogen-bond acceptors (Lipinski definition) is 5. The molecule has 0 bridgehead atoms. The summed E-state index contributed by atoms with van der Waals surface area (Å²) in [6.45, 7) is 0.322. The second-order valence-electron chi connectivity index (χ2n) is 5.89. The van der Waals surface area contributed by atoms with Crippen molar-refractivity contribution in [3.8, 4) is 0 Å². The van der Waals surface area contributed by atoms with Crippen LogP contribution in [-0.2, 0) is 16.1 Å². The van der Waals surface area contributed by atoms with Crippen LogP contribution in [0.5, 0.6) is 0 Å². The molecule has 0 unspecified atom stereocenters. The van der Waals surface area contributed by atoms with Crippen molar-refractivity contribution in [3.63, 3.8) is 0 Å². The average molecular weight is 340 g/mol. The number of oxazole rings is 1. The zero-order chi connectivity index (χ0) is 15.6. The topological polar surface area (TPSA) is 90.4 Å². The molecule has 1 aliphatic carbocycles. The lowest BCUT2D eigenvalue weighted by Crippen LogP contribution is -2.52. The number of amides is 1. The van der Waals surface area contributed by atoms with Crippen LogP contribution in [-0.4, -0.2) is 23.5 Å². The molecule has 1 heterocycles. The van der Waals surface area contributed by atoms with Crippen molar-refractivity contribution in [2.75, 3.05) is 12.4 Å². The number of carbonyl (C=O) groups is 1. The van der Waals surface area contributed by atoms with Crippen LogP contribution < -0.4 is 11.1 Å². The molecule has 0 aliphatic heterocycles. The molecule has 23 heavy (non-hydrogen) atoms. The Bertz CT molecular complexity index is 680. The lowest BCUT2D eigenvalue weighted by molar-refractivity contribution is -0.122. The first-order valence-electron chi connectivity index (χ1n) is 7.59. The molecular formula is C16H22ClN3O3. The van der Waals surface area contributed by atoms with E-state index in [1.54, 1.807) is 25.3 Å². The highest BCUT2D eigenvalue weighted by Gasteiger charge is 2.35. The van der Waals surface area contributed by atoms with E-state index in [1.165, 1.54) is 0 Å². The van der Waals surface area contributed by atoms with Crippen LogP contribution in [0, 0.1) is 0 Å². The van der Waals surface area contributed by atoms with Crippen LogP contribution in [0.4, 0.5) is 5.69 Å². The van der Waals surface area contributed by atoms with Crippen LogP contribution in [0.2, 0.25) is 0 Å². The van der Waals surface area contributed by atoms with Gasteiger partial charge in [0.25, 0.3) is 0 Å². The summed E-state index contributed by atoms with van der Waals surface area (Å²) >= 11 is 0. The number of benzene rings is 1. The van der Waals surface area contributed by atoms with Crippen molar-refractivity contribution in [1.29, 1.82) is 0 Å². The molecule has 0 saturated heterocycles. The van der Waals surface area contributed by atoms with Gasteiger partial charge in [-0.25, -0.2) is 4.98 Å². The van der Waals surface area contributed by atoms with Crippen molar-refractivity contribution in [3.05, 3.63) is 24.1 Å². The molecule has 6 nitrogen and oxygen atoms in total. The average Bonchev–Trinajstić information content (AvgIpc) is 2.90. The molecule has 1 saturated carbocycles. The van der Waals surface area contributed by atoms with E-state index in [9.17, 15) is 4.79 Å². The van der Waals surface area contributed by atoms with Gasteiger partial charge in [0, 0.05) is 12.8 Å². The summed E-state index contributed by atoms with van der Waals surface area (Å²) in [4.78, 5) is 16.8. The molecule has 3 N–H and O–H groups in total. The number of fused-ring (bicyclic) bond motifs is 1. The summed E-state index contributed by atoms with van der Waals surface area (Å²) in [5.74, 6) is 0.399. The summed E-state index contributed by atoms with van der Waals surface area (Å²) in [5, 5.41) is 2.91. The maximum Gasteiger partial charge on any atom is 0.244 e. The minimum absolute atomic E-state index is 0. The number of hydrogen-bond donors (Lipinski definition) is 2. The number of anilines is 1. The van der Waals surface area contributed by atoms with Gasteiger partial charge in [0.15, 0.2) is 5.58 Å². The lowest BCUT2D eigenvalue weighted by atomic mass is 9.82. The highest BCUT2D eigenvalue weighted by Crippen LogP contribution is 2.28. The molecule has 2 aromatic rings. The number of nitrogens with two attached hydrogens (primary N) is 1. The van der Waals surface area contributed by atoms with E-state index < -0.39 is 5.54 Å². The van der Waals surface area contributed by atoms with E-state index >= 15 is 0 Å². The Kier molecular flexibility index (Phi) is 5.62. The van der Waals surface area contributed by atoms with Gasteiger partial charge in [0.05, 0.1) is 5.54 Å². The Morgan fingerprint density at radius 1 is 1.39 bits per heavy atom. The van der Waals surface area contributed by atoms with Gasteiger partial charge in [0.1, 0.15) is 12.1 Å². The largest absolute Gasteiger partial charge is 0.438 e. The second kappa shape index (κ2) is 7.29. The Hall–Kier alpha value is -1.63. The molecule has 1 fully saturated rings. The van der Waals surface area contributed by atoms with Gasteiger partial charge in [-0.05, 0) is 31.0 Å². The molecular weight excluding hydrogens is 318 g/mol. The van der Waals surface area contributed by atoms with Gasteiger partial charge in [-0.3, -0.25) is 4.79 Å². The fraction of sp³-hybridized carbons (Fsp3) is 0.500. The fourth-order valence-corrected chi connectivity index (χ4v) is 2.90. The first kappa shape index (κ1) is 17.7. The van der Waals surface area contributed by atoms with E-state index in [-0.39, 0.29) is 18.3 Å². The van der Waals surface area contributed by atoms with E-state index in [2.05, 4.69) is 10.3 Å². The Balaban J connectivity index is 0.00000192. The number of methoxy groups -OCH3 is 1. The first-order chi connectivity index (χ1) is 10.6. The zero-order valence-corrected chi connectivity index (χ0v) is 13.9. The highest BCUT2D eigenvalue weighted by molar-refractivity contribution is 5.99. The van der Waals surface area contributed by atoms with Crippen molar-refractivity contribution >= 4 is 35.1 Å². The predicted octanol–water partition coefficient (Wildman–Crippen LogP) is 3.00. The minimum Gasteiger partial charge on any atom is -0.438 e. The molecule has 0 atom stereocenters. The molecule has 3 rings (SSSR count). The number of carbonyl (C=O) groups excluding carboxylic acids is 1. The SMILES string of the molecule is COCc1nc2cc(NC(=O)C3(N)CCCCC3)ccc2o1.Cl. The molecule has 0 spiro atoms. The van der Waals surface area contributed by atoms with Crippen LogP contribution in [0.15, 0.2) is 22.6 Å². The second-order valence-corrected chi connectivity index (χ2v) is 5.89. The van der Waals surface area contributed by atoms with Crippen molar-refractivity contribution in [2.45, 2.75) is 44.2 Å². The predicted molar refractivity (Wildman–Crippen MR) is 90.6 cm³/mol. The fourth-order valence-electron chi connectivity index (χ4n) is 2.90. The highest BCUT2D eigenvalue weighted by atomic mass is 35.5. The summed E-state index contributed by atoms with van der Waals surface area (Å²) < 4.78 is 10.5. The molecule has 1 aliphatic rings. The minimum atomic E-state index is -0.752. The maximum atomic E-state index is 12.4. The van der Waals surface area contributed by atoms with Gasteiger partial charge in [-0.1, -0.05) is 19.3 Å². The summed E-state index contributed by atoms with van der Waals surface area (Å²) in [6, 6.07) is 5.39. The van der Waals surface area contributed by atoms with E-state index in [0.29, 0.717) is 29.3 Å². The smallest absolute Gasteiger partial charge is 0.244 e. The number of rotatable bonds is 4. The number of aromatic nitrogens is 1. The normalized spacial score (nSPS) is 16.8. The van der Waals surface area contributed by atoms with Gasteiger partial charge in [-0.2, -0.15) is 0 Å². The van der Waals surface area contributed by atoms with E-state index in [1.807, 2.05) is 0 Å². The van der Waals surface area contributed by atoms with Crippen LogP contribution in [0.25, 0.3) is 11.1 Å². The van der Waals surface area contributed by atoms with Crippen LogP contribution in [0.1, 0.15) is 38.0 Å². The number of ether oxygens (including phenoxy) is 1. The van der Waals surface area contributed by atoms with Crippen molar-refractivity contribution in [1.82, 2.24) is 4.98 Å². The molecule has 126 valence electrons. The van der Waals surface area contributed by atoms with Crippen LogP contribution in [0.3, 0.4) is 0 Å². The number of nitrogens with zero attached hydrogens (tertiary/aromatic N) is 1. The molecule has 1 aromatic carbocycles. The Morgan fingerprint density at radius 3 is 2.83 bits per heavy atom. The summed E-state index contributed by atoms with van der Waals surface area (Å²) in [5.41, 5.74) is 7.54. The molecule has 7 heteroatoms. The quantitative estimate of drug-likeness (QED) is 0.893. The summed E-state index contributed by atoms with van der Waals surface area (Å²) in [6.07, 6.45) is 4.64. The number of nitrogens with one attached hydrogen (secondary N) is 1. The van der Waals surface area contributed by atoms with Gasteiger partial charge >= 0.3 is 0 Å². The van der Waals surface area contributed by atoms with Crippen molar-refractivity contribution in [2.24, 2.45) is 5.73 Å². The van der Waals surface area contributed by atoms with Crippen LogP contribution >= 0.6 is 12.4 Å². The van der Waals surface area contributed by atoms with E-state index in [0.717, 1.165) is 32.1 Å². The Morgan fingerprint density at radius 2 is 2.13 bits per heavy atom. The van der Waals surface area contributed by atoms with Gasteiger partial charge in [-0.15, -0.1) is 12.4 Å². The number of halogens is 1. The lowest BCUT2D eigenvalue weighted by Gasteiger charge is -2.31. The third kappa shape index (κ3) is 3.83. The third-order valence-electron chi connectivity index (χ3n) is 4.16. The standard InChI is InChI=1S/C16H21N3O3.ClH/c1-21-10-14-19-12-9-11(5-6-13(12)22-14)18-15(20)16(17)7-3-2-4-8-16;/h5-6,9H,2-4,7-8,10,17H2,1H3,(H,18,20);1H. The monoisotopic (exact) mass is 339 g/mol. The molecule has 1 aromatic heterocycles. The molecule has 0 radical (unpaired) electrons. The first-order valence-corrected chi connectivity index (χ1v) is 7.59. The Labute approximate surface area is 141 Å². The van der Waals surface area contributed by atoms with Gasteiger partial charge < -0.3 is 20.2 Å². The third-order valence-corrected chi connectivity index (χ3v) is 4.16. The molecule has 1 amide bonds.